The van der Waals surface area contributed by atoms with Crippen molar-refractivity contribution in [3.63, 3.8) is 0 Å². The summed E-state index contributed by atoms with van der Waals surface area (Å²) in [5.74, 6) is 0.965. The first-order valence-electron chi connectivity index (χ1n) is 6.10. The zero-order valence-electron chi connectivity index (χ0n) is 12.2. The van der Waals surface area contributed by atoms with E-state index in [2.05, 4.69) is 5.32 Å². The van der Waals surface area contributed by atoms with Crippen molar-refractivity contribution in [2.45, 2.75) is 26.3 Å². The minimum Gasteiger partial charge on any atom is -0.493 e. The molecule has 0 bridgehead atoms. The fourth-order valence-electron chi connectivity index (χ4n) is 1.65. The highest BCUT2D eigenvalue weighted by molar-refractivity contribution is 5.96. The van der Waals surface area contributed by atoms with E-state index in [-0.39, 0.29) is 5.91 Å². The van der Waals surface area contributed by atoms with E-state index in [0.29, 0.717) is 23.6 Å². The van der Waals surface area contributed by atoms with Gasteiger partial charge in [0.05, 0.1) is 14.2 Å². The number of amides is 1. The zero-order valence-corrected chi connectivity index (χ0v) is 12.2. The quantitative estimate of drug-likeness (QED) is 0.846. The van der Waals surface area contributed by atoms with Gasteiger partial charge in [0, 0.05) is 17.6 Å². The fraction of sp³-hybridized carbons (Fsp3) is 0.500. The minimum atomic E-state index is -0.448. The van der Waals surface area contributed by atoms with Crippen molar-refractivity contribution < 1.29 is 14.3 Å². The third-order valence-corrected chi connectivity index (χ3v) is 2.94. The van der Waals surface area contributed by atoms with E-state index in [0.717, 1.165) is 5.56 Å². The third kappa shape index (κ3) is 3.61. The van der Waals surface area contributed by atoms with E-state index in [9.17, 15) is 4.79 Å². The molecule has 0 aromatic heterocycles. The molecule has 0 aliphatic rings. The second-order valence-corrected chi connectivity index (χ2v) is 5.06. The Labute approximate surface area is 114 Å². The number of hydrogen-bond acceptors (Lipinski definition) is 4. The highest BCUT2D eigenvalue weighted by Gasteiger charge is 2.21. The molecule has 0 saturated heterocycles. The van der Waals surface area contributed by atoms with Crippen LogP contribution in [0.2, 0.25) is 0 Å². The van der Waals surface area contributed by atoms with Crippen molar-refractivity contribution in [1.29, 1.82) is 0 Å². The van der Waals surface area contributed by atoms with E-state index in [1.165, 1.54) is 0 Å². The summed E-state index contributed by atoms with van der Waals surface area (Å²) >= 11 is 0. The van der Waals surface area contributed by atoms with E-state index in [4.69, 9.17) is 15.2 Å². The second-order valence-electron chi connectivity index (χ2n) is 5.06. The molecule has 1 amide bonds. The van der Waals surface area contributed by atoms with Gasteiger partial charge in [-0.3, -0.25) is 4.79 Å². The lowest BCUT2D eigenvalue weighted by Crippen LogP contribution is -2.49. The molecule has 5 heteroatoms. The average Bonchev–Trinajstić information content (AvgIpc) is 2.37. The molecule has 0 aliphatic carbocycles. The molecule has 0 heterocycles. The molecule has 3 N–H and O–H groups in total. The average molecular weight is 266 g/mol. The van der Waals surface area contributed by atoms with Gasteiger partial charge in [-0.2, -0.15) is 0 Å². The van der Waals surface area contributed by atoms with Crippen LogP contribution >= 0.6 is 0 Å². The summed E-state index contributed by atoms with van der Waals surface area (Å²) in [4.78, 5) is 12.2. The topological polar surface area (TPSA) is 73.6 Å². The van der Waals surface area contributed by atoms with Gasteiger partial charge >= 0.3 is 0 Å². The first-order valence-corrected chi connectivity index (χ1v) is 6.10. The van der Waals surface area contributed by atoms with Gasteiger partial charge in [0.25, 0.3) is 5.91 Å². The minimum absolute atomic E-state index is 0.172. The third-order valence-electron chi connectivity index (χ3n) is 2.94. The molecule has 0 radical (unpaired) electrons. The van der Waals surface area contributed by atoms with Crippen LogP contribution in [-0.2, 0) is 0 Å². The maximum atomic E-state index is 12.2. The highest BCUT2D eigenvalue weighted by atomic mass is 16.5. The molecule has 19 heavy (non-hydrogen) atoms. The highest BCUT2D eigenvalue weighted by Crippen LogP contribution is 2.30. The molecule has 1 aromatic rings. The lowest BCUT2D eigenvalue weighted by Gasteiger charge is -2.25. The van der Waals surface area contributed by atoms with Crippen molar-refractivity contribution in [2.24, 2.45) is 5.73 Å². The Morgan fingerprint density at radius 3 is 2.26 bits per heavy atom. The number of methoxy groups -OCH3 is 2. The van der Waals surface area contributed by atoms with Crippen LogP contribution in [0.3, 0.4) is 0 Å². The van der Waals surface area contributed by atoms with Crippen LogP contribution < -0.4 is 20.5 Å². The molecule has 0 saturated carbocycles. The molecule has 0 aliphatic heterocycles. The number of nitrogens with two attached hydrogens (primary N) is 1. The van der Waals surface area contributed by atoms with Crippen LogP contribution in [0.1, 0.15) is 29.8 Å². The van der Waals surface area contributed by atoms with Gasteiger partial charge in [-0.1, -0.05) is 0 Å². The molecular formula is C14H22N2O3. The van der Waals surface area contributed by atoms with Gasteiger partial charge in [0.15, 0.2) is 11.5 Å². The number of ether oxygens (including phenoxy) is 2. The molecule has 0 fully saturated rings. The molecule has 0 spiro atoms. The van der Waals surface area contributed by atoms with E-state index >= 15 is 0 Å². The van der Waals surface area contributed by atoms with Gasteiger partial charge in [0.2, 0.25) is 0 Å². The summed E-state index contributed by atoms with van der Waals surface area (Å²) in [5.41, 5.74) is 6.54. The van der Waals surface area contributed by atoms with Crippen molar-refractivity contribution in [3.8, 4) is 11.5 Å². The molecule has 106 valence electrons. The Morgan fingerprint density at radius 2 is 1.79 bits per heavy atom. The largest absolute Gasteiger partial charge is 0.493 e. The number of carbonyl (C=O) groups excluding carboxylic acids is 1. The number of nitrogens with one attached hydrogen (secondary N) is 1. The summed E-state index contributed by atoms with van der Waals surface area (Å²) in [7, 11) is 3.10. The molecule has 0 atom stereocenters. The Balaban J connectivity index is 3.10. The van der Waals surface area contributed by atoms with Gasteiger partial charge in [0.1, 0.15) is 0 Å². The Hall–Kier alpha value is -1.75. The van der Waals surface area contributed by atoms with Crippen molar-refractivity contribution in [1.82, 2.24) is 5.32 Å². The van der Waals surface area contributed by atoms with Crippen LogP contribution in [0.15, 0.2) is 12.1 Å². The zero-order chi connectivity index (χ0) is 14.6. The molecular weight excluding hydrogens is 244 g/mol. The normalized spacial score (nSPS) is 11.1. The lowest BCUT2D eigenvalue weighted by molar-refractivity contribution is 0.0914. The van der Waals surface area contributed by atoms with Crippen LogP contribution in [0.25, 0.3) is 0 Å². The van der Waals surface area contributed by atoms with E-state index in [1.807, 2.05) is 20.8 Å². The SMILES string of the molecule is COc1cc(C)c(C(=O)NC(C)(C)CN)cc1OC. The monoisotopic (exact) mass is 266 g/mol. The first kappa shape index (κ1) is 15.3. The van der Waals surface area contributed by atoms with Crippen LogP contribution in [0.5, 0.6) is 11.5 Å². The number of benzene rings is 1. The number of rotatable bonds is 5. The van der Waals surface area contributed by atoms with Gasteiger partial charge < -0.3 is 20.5 Å². The fourth-order valence-corrected chi connectivity index (χ4v) is 1.65. The molecule has 1 rings (SSSR count). The van der Waals surface area contributed by atoms with Crippen LogP contribution in [-0.4, -0.2) is 32.2 Å². The molecule has 1 aromatic carbocycles. The smallest absolute Gasteiger partial charge is 0.252 e. The van der Waals surface area contributed by atoms with Gasteiger partial charge in [-0.25, -0.2) is 0 Å². The summed E-state index contributed by atoms with van der Waals surface area (Å²) in [6.45, 7) is 5.97. The summed E-state index contributed by atoms with van der Waals surface area (Å²) in [6, 6.07) is 3.46. The predicted molar refractivity (Wildman–Crippen MR) is 74.9 cm³/mol. The van der Waals surface area contributed by atoms with Crippen molar-refractivity contribution >= 4 is 5.91 Å². The number of aryl methyl sites for hydroxylation is 1. The Bertz CT molecular complexity index is 470. The molecule has 5 nitrogen and oxygen atoms in total. The van der Waals surface area contributed by atoms with Crippen LogP contribution in [0, 0.1) is 6.92 Å². The van der Waals surface area contributed by atoms with Crippen LogP contribution in [0.4, 0.5) is 0 Å². The van der Waals surface area contributed by atoms with Crippen molar-refractivity contribution in [2.75, 3.05) is 20.8 Å². The predicted octanol–water partition coefficient (Wildman–Crippen LogP) is 1.48. The van der Waals surface area contributed by atoms with Gasteiger partial charge in [-0.15, -0.1) is 0 Å². The standard InChI is InChI=1S/C14H22N2O3/c1-9-6-11(18-4)12(19-5)7-10(9)13(17)16-14(2,3)8-15/h6-7H,8,15H2,1-5H3,(H,16,17). The van der Waals surface area contributed by atoms with Gasteiger partial charge in [-0.05, 0) is 38.5 Å². The number of carbonyl (C=O) groups is 1. The maximum Gasteiger partial charge on any atom is 0.252 e. The first-order chi connectivity index (χ1) is 8.84. The summed E-state index contributed by atoms with van der Waals surface area (Å²) < 4.78 is 10.4. The summed E-state index contributed by atoms with van der Waals surface area (Å²) in [6.07, 6.45) is 0. The summed E-state index contributed by atoms with van der Waals surface area (Å²) in [5, 5.41) is 2.89. The Kier molecular flexibility index (Phi) is 4.78. The van der Waals surface area contributed by atoms with E-state index < -0.39 is 5.54 Å². The second kappa shape index (κ2) is 5.93. The van der Waals surface area contributed by atoms with Crippen molar-refractivity contribution in [3.05, 3.63) is 23.3 Å². The Morgan fingerprint density at radius 1 is 1.26 bits per heavy atom. The molecule has 0 unspecified atom stereocenters. The van der Waals surface area contributed by atoms with E-state index in [1.54, 1.807) is 26.4 Å². The maximum absolute atomic E-state index is 12.2. The lowest BCUT2D eigenvalue weighted by atomic mass is 10.0. The number of hydrogen-bond donors (Lipinski definition) is 2.